The Morgan fingerprint density at radius 2 is 1.82 bits per heavy atom. The summed E-state index contributed by atoms with van der Waals surface area (Å²) < 4.78 is 6.47. The lowest BCUT2D eigenvalue weighted by Crippen LogP contribution is -2.27. The summed E-state index contributed by atoms with van der Waals surface area (Å²) in [4.78, 5) is 26.8. The molecule has 1 heterocycles. The zero-order chi connectivity index (χ0) is 24.2. The summed E-state index contributed by atoms with van der Waals surface area (Å²) in [6.07, 6.45) is 1.61. The Balaban J connectivity index is 1.51. The molecule has 0 atom stereocenters. The average Bonchev–Trinajstić information content (AvgIpc) is 3.07. The zero-order valence-electron chi connectivity index (χ0n) is 17.4. The Labute approximate surface area is 219 Å². The third-order valence-corrected chi connectivity index (χ3v) is 6.98. The lowest BCUT2D eigenvalue weighted by molar-refractivity contribution is -0.123. The fourth-order valence-electron chi connectivity index (χ4n) is 3.26. The highest BCUT2D eigenvalue weighted by molar-refractivity contribution is 9.10. The van der Waals surface area contributed by atoms with Crippen LogP contribution in [0.15, 0.2) is 70.0 Å². The Morgan fingerprint density at radius 1 is 1.09 bits per heavy atom. The predicted molar refractivity (Wildman–Crippen MR) is 138 cm³/mol. The van der Waals surface area contributed by atoms with E-state index in [1.54, 1.807) is 54.6 Å². The molecule has 4 rings (SSSR count). The molecule has 34 heavy (non-hydrogen) atoms. The van der Waals surface area contributed by atoms with E-state index >= 15 is 0 Å². The third kappa shape index (κ3) is 5.48. The first-order valence-electron chi connectivity index (χ1n) is 9.95. The van der Waals surface area contributed by atoms with Crippen molar-refractivity contribution in [1.82, 2.24) is 4.90 Å². The number of carbonyl (C=O) groups is 2. The number of nitriles is 1. The van der Waals surface area contributed by atoms with Crippen LogP contribution >= 0.6 is 50.9 Å². The second-order valence-electron chi connectivity index (χ2n) is 7.27. The van der Waals surface area contributed by atoms with Gasteiger partial charge in [0.25, 0.3) is 11.1 Å². The van der Waals surface area contributed by atoms with Crippen molar-refractivity contribution in [2.75, 3.05) is 0 Å². The van der Waals surface area contributed by atoms with Crippen LogP contribution in [0.2, 0.25) is 10.0 Å². The van der Waals surface area contributed by atoms with Crippen LogP contribution in [0.1, 0.15) is 22.3 Å². The molecular weight excluding hydrogens is 559 g/mol. The van der Waals surface area contributed by atoms with Gasteiger partial charge < -0.3 is 4.74 Å². The van der Waals surface area contributed by atoms with Crippen molar-refractivity contribution >= 4 is 68.1 Å². The van der Waals surface area contributed by atoms with E-state index in [1.165, 1.54) is 0 Å². The Bertz CT molecular complexity index is 1330. The van der Waals surface area contributed by atoms with Crippen LogP contribution in [0.3, 0.4) is 0 Å². The van der Waals surface area contributed by atoms with Crippen LogP contribution in [-0.4, -0.2) is 16.0 Å². The van der Waals surface area contributed by atoms with Crippen molar-refractivity contribution in [2.45, 2.75) is 13.2 Å². The minimum absolute atomic E-state index is 0.0354. The number of ether oxygens (including phenoxy) is 1. The summed E-state index contributed by atoms with van der Waals surface area (Å²) in [6.45, 7) is 0.339. The van der Waals surface area contributed by atoms with Crippen LogP contribution in [0.5, 0.6) is 5.75 Å². The van der Waals surface area contributed by atoms with Crippen molar-refractivity contribution in [3.05, 3.63) is 102 Å². The van der Waals surface area contributed by atoms with Crippen molar-refractivity contribution in [3.8, 4) is 11.8 Å². The molecule has 1 saturated heterocycles. The Morgan fingerprint density at radius 3 is 2.53 bits per heavy atom. The van der Waals surface area contributed by atoms with Crippen LogP contribution in [0.4, 0.5) is 4.79 Å². The molecule has 0 saturated carbocycles. The van der Waals surface area contributed by atoms with Gasteiger partial charge in [-0.15, -0.1) is 0 Å². The Kier molecular flexibility index (Phi) is 7.64. The average molecular weight is 574 g/mol. The van der Waals surface area contributed by atoms with Crippen molar-refractivity contribution < 1.29 is 14.3 Å². The van der Waals surface area contributed by atoms with E-state index in [9.17, 15) is 14.9 Å². The summed E-state index contributed by atoms with van der Waals surface area (Å²) in [5, 5.41) is 9.88. The van der Waals surface area contributed by atoms with Gasteiger partial charge >= 0.3 is 0 Å². The normalized spacial score (nSPS) is 14.5. The molecular formula is C25H15BrCl2N2O3S. The molecule has 0 radical (unpaired) electrons. The maximum atomic E-state index is 12.9. The second kappa shape index (κ2) is 10.7. The number of carbonyl (C=O) groups excluding carboxylic acids is 2. The number of amides is 2. The number of nitrogens with zero attached hydrogens (tertiary/aromatic N) is 2. The highest BCUT2D eigenvalue weighted by Crippen LogP contribution is 2.38. The lowest BCUT2D eigenvalue weighted by Gasteiger charge is -2.13. The topological polar surface area (TPSA) is 70.4 Å². The number of halogens is 3. The van der Waals surface area contributed by atoms with Crippen LogP contribution < -0.4 is 4.74 Å². The van der Waals surface area contributed by atoms with Gasteiger partial charge in [-0.25, -0.2) is 0 Å². The summed E-state index contributed by atoms with van der Waals surface area (Å²) in [5.41, 5.74) is 2.61. The quantitative estimate of drug-likeness (QED) is 0.286. The fraction of sp³-hybridized carbons (Fsp3) is 0.0800. The number of rotatable bonds is 6. The number of imide groups is 1. The molecule has 0 unspecified atom stereocenters. The fourth-order valence-corrected chi connectivity index (χ4v) is 5.22. The van der Waals surface area contributed by atoms with Gasteiger partial charge in [0.05, 0.1) is 32.6 Å². The first-order chi connectivity index (χ1) is 16.4. The SMILES string of the molecule is N#Cc1ccccc1CN1C(=O)S/C(=C/c2cc(Cl)c(OCc3ccc(Cl)cc3)c(Br)c2)C1=O. The summed E-state index contributed by atoms with van der Waals surface area (Å²) in [7, 11) is 0. The third-order valence-electron chi connectivity index (χ3n) is 4.95. The minimum atomic E-state index is -0.418. The molecule has 1 fully saturated rings. The van der Waals surface area contributed by atoms with Crippen molar-refractivity contribution in [3.63, 3.8) is 0 Å². The van der Waals surface area contributed by atoms with Gasteiger partial charge in [0.1, 0.15) is 6.61 Å². The molecule has 0 bridgehead atoms. The number of hydrogen-bond donors (Lipinski definition) is 0. The van der Waals surface area contributed by atoms with Crippen LogP contribution in [-0.2, 0) is 17.9 Å². The molecule has 0 aromatic heterocycles. The van der Waals surface area contributed by atoms with Gasteiger partial charge in [0.2, 0.25) is 0 Å². The first kappa shape index (κ1) is 24.4. The lowest BCUT2D eigenvalue weighted by atomic mass is 10.1. The molecule has 5 nitrogen and oxygen atoms in total. The maximum Gasteiger partial charge on any atom is 0.293 e. The van der Waals surface area contributed by atoms with Gasteiger partial charge in [-0.1, -0.05) is 53.5 Å². The van der Waals surface area contributed by atoms with E-state index in [0.29, 0.717) is 43.6 Å². The van der Waals surface area contributed by atoms with Gasteiger partial charge in [-0.3, -0.25) is 14.5 Å². The molecule has 0 N–H and O–H groups in total. The van der Waals surface area contributed by atoms with Gasteiger partial charge in [-0.2, -0.15) is 5.26 Å². The van der Waals surface area contributed by atoms with Gasteiger partial charge in [0, 0.05) is 5.02 Å². The highest BCUT2D eigenvalue weighted by Gasteiger charge is 2.35. The molecule has 1 aliphatic rings. The zero-order valence-corrected chi connectivity index (χ0v) is 21.3. The van der Waals surface area contributed by atoms with E-state index < -0.39 is 11.1 Å². The molecule has 2 amide bonds. The molecule has 0 spiro atoms. The number of thioether (sulfide) groups is 1. The van der Waals surface area contributed by atoms with E-state index in [4.69, 9.17) is 27.9 Å². The standard InChI is InChI=1S/C25H15BrCl2N2O3S/c26-20-9-16(10-21(28)23(20)33-14-15-5-7-19(27)8-6-15)11-22-24(31)30(25(32)34-22)13-18-4-2-1-3-17(18)12-29/h1-11H,13-14H2/b22-11+. The van der Waals surface area contributed by atoms with Gasteiger partial charge in [-0.05, 0) is 80.8 Å². The maximum absolute atomic E-state index is 12.9. The molecule has 3 aromatic rings. The van der Waals surface area contributed by atoms with E-state index in [-0.39, 0.29) is 11.4 Å². The molecule has 3 aromatic carbocycles. The molecule has 0 aliphatic carbocycles. The summed E-state index contributed by atoms with van der Waals surface area (Å²) in [6, 6.07) is 19.7. The van der Waals surface area contributed by atoms with Crippen molar-refractivity contribution in [2.24, 2.45) is 0 Å². The number of benzene rings is 3. The van der Waals surface area contributed by atoms with E-state index in [2.05, 4.69) is 22.0 Å². The minimum Gasteiger partial charge on any atom is -0.486 e. The second-order valence-corrected chi connectivity index (χ2v) is 9.96. The van der Waals surface area contributed by atoms with Crippen LogP contribution in [0.25, 0.3) is 6.08 Å². The van der Waals surface area contributed by atoms with Gasteiger partial charge in [0.15, 0.2) is 5.75 Å². The summed E-state index contributed by atoms with van der Waals surface area (Å²) >= 11 is 16.7. The molecule has 1 aliphatic heterocycles. The smallest absolute Gasteiger partial charge is 0.293 e. The highest BCUT2D eigenvalue weighted by atomic mass is 79.9. The largest absolute Gasteiger partial charge is 0.486 e. The molecule has 170 valence electrons. The number of hydrogen-bond acceptors (Lipinski definition) is 5. The van der Waals surface area contributed by atoms with E-state index in [1.807, 2.05) is 12.1 Å². The van der Waals surface area contributed by atoms with Crippen LogP contribution in [0, 0.1) is 11.3 Å². The predicted octanol–water partition coefficient (Wildman–Crippen LogP) is 7.44. The first-order valence-corrected chi connectivity index (χ1v) is 12.3. The Hall–Kier alpha value is -2.76. The summed E-state index contributed by atoms with van der Waals surface area (Å²) in [5.74, 6) is 0.0491. The monoisotopic (exact) mass is 572 g/mol. The van der Waals surface area contributed by atoms with E-state index in [0.717, 1.165) is 22.2 Å². The molecule has 9 heteroatoms. The van der Waals surface area contributed by atoms with Crippen molar-refractivity contribution in [1.29, 1.82) is 5.26 Å².